The molecule has 0 fully saturated rings. The number of aryl methyl sites for hydroxylation is 1. The Bertz CT molecular complexity index is 277. The first kappa shape index (κ1) is 12.1. The number of aromatic nitrogens is 1. The van der Waals surface area contributed by atoms with Gasteiger partial charge in [0.25, 0.3) is 0 Å². The molecule has 0 aliphatic heterocycles. The molecule has 3 heteroatoms. The van der Waals surface area contributed by atoms with Gasteiger partial charge in [0.2, 0.25) is 0 Å². The van der Waals surface area contributed by atoms with Crippen LogP contribution in [0.4, 0.5) is 0 Å². The first-order valence-electron chi connectivity index (χ1n) is 5.39. The van der Waals surface area contributed by atoms with Gasteiger partial charge in [-0.3, -0.25) is 16.3 Å². The topological polar surface area (TPSA) is 50.9 Å². The number of nitrogens with zero attached hydrogens (tertiary/aromatic N) is 1. The molecular weight excluding hydrogens is 186 g/mol. The van der Waals surface area contributed by atoms with Gasteiger partial charge in [0.05, 0.1) is 0 Å². The molecule has 0 aliphatic rings. The third kappa shape index (κ3) is 3.98. The predicted molar refractivity (Wildman–Crippen MR) is 63.1 cm³/mol. The molecule has 1 aromatic heterocycles. The first-order valence-corrected chi connectivity index (χ1v) is 5.39. The van der Waals surface area contributed by atoms with E-state index >= 15 is 0 Å². The minimum atomic E-state index is 0.191. The van der Waals surface area contributed by atoms with Crippen molar-refractivity contribution in [2.75, 3.05) is 0 Å². The Kier molecular flexibility index (Phi) is 4.24. The molecule has 1 heterocycles. The van der Waals surface area contributed by atoms with Gasteiger partial charge >= 0.3 is 0 Å². The summed E-state index contributed by atoms with van der Waals surface area (Å²) in [6.07, 6.45) is 5.76. The highest BCUT2D eigenvalue weighted by Gasteiger charge is 2.22. The largest absolute Gasteiger partial charge is 0.271 e. The van der Waals surface area contributed by atoms with Crippen LogP contribution in [0.25, 0.3) is 0 Å². The molecule has 1 atom stereocenters. The minimum Gasteiger partial charge on any atom is -0.271 e. The van der Waals surface area contributed by atoms with Crippen LogP contribution in [0.3, 0.4) is 0 Å². The second kappa shape index (κ2) is 5.24. The summed E-state index contributed by atoms with van der Waals surface area (Å²) in [7, 11) is 0. The zero-order valence-electron chi connectivity index (χ0n) is 9.83. The molecule has 15 heavy (non-hydrogen) atoms. The van der Waals surface area contributed by atoms with Crippen LogP contribution in [0.15, 0.2) is 24.5 Å². The van der Waals surface area contributed by atoms with Crippen LogP contribution in [-0.4, -0.2) is 11.0 Å². The van der Waals surface area contributed by atoms with Gasteiger partial charge < -0.3 is 0 Å². The van der Waals surface area contributed by atoms with Crippen LogP contribution >= 0.6 is 0 Å². The molecule has 1 aromatic rings. The maximum Gasteiger partial charge on any atom is 0.0299 e. The smallest absolute Gasteiger partial charge is 0.0299 e. The summed E-state index contributed by atoms with van der Waals surface area (Å²) < 4.78 is 0. The van der Waals surface area contributed by atoms with Crippen molar-refractivity contribution >= 4 is 0 Å². The number of rotatable bonds is 4. The number of hydrogen-bond donors (Lipinski definition) is 2. The lowest BCUT2D eigenvalue weighted by atomic mass is 9.84. The SMILES string of the molecule is CC(C)(C)C(CCc1cccnc1)NN. The number of hydrogen-bond acceptors (Lipinski definition) is 3. The summed E-state index contributed by atoms with van der Waals surface area (Å²) in [4.78, 5) is 4.10. The fourth-order valence-electron chi connectivity index (χ4n) is 1.62. The Balaban J connectivity index is 2.49. The molecule has 0 amide bonds. The average Bonchev–Trinajstić information content (AvgIpc) is 2.18. The summed E-state index contributed by atoms with van der Waals surface area (Å²) in [5.74, 6) is 5.56. The third-order valence-electron chi connectivity index (χ3n) is 2.69. The summed E-state index contributed by atoms with van der Waals surface area (Å²) in [5, 5.41) is 0. The lowest BCUT2D eigenvalue weighted by Crippen LogP contribution is -2.44. The van der Waals surface area contributed by atoms with E-state index in [2.05, 4.69) is 37.2 Å². The predicted octanol–water partition coefficient (Wildman–Crippen LogP) is 1.89. The fraction of sp³-hybridized carbons (Fsp3) is 0.583. The summed E-state index contributed by atoms with van der Waals surface area (Å²) in [5.41, 5.74) is 4.35. The van der Waals surface area contributed by atoms with Gasteiger partial charge in [-0.05, 0) is 29.9 Å². The van der Waals surface area contributed by atoms with E-state index in [9.17, 15) is 0 Å². The zero-order valence-corrected chi connectivity index (χ0v) is 9.83. The molecule has 0 aliphatic carbocycles. The molecule has 0 aromatic carbocycles. The highest BCUT2D eigenvalue weighted by atomic mass is 15.2. The Morgan fingerprint density at radius 1 is 1.47 bits per heavy atom. The molecular formula is C12H21N3. The van der Waals surface area contributed by atoms with Crippen LogP contribution in [0.2, 0.25) is 0 Å². The highest BCUT2D eigenvalue weighted by Crippen LogP contribution is 2.22. The second-order valence-electron chi connectivity index (χ2n) is 4.99. The van der Waals surface area contributed by atoms with Gasteiger partial charge in [0.1, 0.15) is 0 Å². The Morgan fingerprint density at radius 2 is 2.20 bits per heavy atom. The van der Waals surface area contributed by atoms with Crippen LogP contribution in [0, 0.1) is 5.41 Å². The van der Waals surface area contributed by atoms with Crippen molar-refractivity contribution in [3.63, 3.8) is 0 Å². The molecule has 84 valence electrons. The van der Waals surface area contributed by atoms with Gasteiger partial charge in [0, 0.05) is 18.4 Å². The molecule has 0 bridgehead atoms. The molecule has 1 unspecified atom stereocenters. The lowest BCUT2D eigenvalue weighted by molar-refractivity contribution is 0.257. The van der Waals surface area contributed by atoms with Gasteiger partial charge in [-0.2, -0.15) is 0 Å². The van der Waals surface area contributed by atoms with Crippen molar-refractivity contribution in [1.82, 2.24) is 10.4 Å². The fourth-order valence-corrected chi connectivity index (χ4v) is 1.62. The van der Waals surface area contributed by atoms with E-state index in [0.29, 0.717) is 6.04 Å². The third-order valence-corrected chi connectivity index (χ3v) is 2.69. The molecule has 0 spiro atoms. The van der Waals surface area contributed by atoms with Gasteiger partial charge in [-0.1, -0.05) is 26.8 Å². The molecule has 0 saturated carbocycles. The normalized spacial score (nSPS) is 13.9. The van der Waals surface area contributed by atoms with E-state index < -0.39 is 0 Å². The zero-order chi connectivity index (χ0) is 11.3. The average molecular weight is 207 g/mol. The van der Waals surface area contributed by atoms with Crippen LogP contribution in [-0.2, 0) is 6.42 Å². The Morgan fingerprint density at radius 3 is 2.67 bits per heavy atom. The maximum absolute atomic E-state index is 5.56. The van der Waals surface area contributed by atoms with Gasteiger partial charge in [0.15, 0.2) is 0 Å². The Hall–Kier alpha value is -0.930. The quantitative estimate of drug-likeness (QED) is 0.585. The highest BCUT2D eigenvalue weighted by molar-refractivity contribution is 5.08. The number of nitrogens with one attached hydrogen (secondary N) is 1. The van der Waals surface area contributed by atoms with E-state index in [4.69, 9.17) is 5.84 Å². The molecule has 0 radical (unpaired) electrons. The molecule has 3 nitrogen and oxygen atoms in total. The monoisotopic (exact) mass is 207 g/mol. The van der Waals surface area contributed by atoms with Crippen molar-refractivity contribution in [2.24, 2.45) is 11.3 Å². The standard InChI is InChI=1S/C12H21N3/c1-12(2,3)11(15-13)7-6-10-5-4-8-14-9-10/h4-5,8-9,11,15H,6-7,13H2,1-3H3. The van der Waals surface area contributed by atoms with E-state index in [1.54, 1.807) is 6.20 Å². The number of hydrazine groups is 1. The summed E-state index contributed by atoms with van der Waals surface area (Å²) >= 11 is 0. The minimum absolute atomic E-state index is 0.191. The number of nitrogens with two attached hydrogens (primary N) is 1. The van der Waals surface area contributed by atoms with Crippen molar-refractivity contribution < 1.29 is 0 Å². The van der Waals surface area contributed by atoms with Crippen LogP contribution < -0.4 is 11.3 Å². The van der Waals surface area contributed by atoms with Crippen molar-refractivity contribution in [1.29, 1.82) is 0 Å². The molecule has 1 rings (SSSR count). The van der Waals surface area contributed by atoms with Crippen molar-refractivity contribution in [2.45, 2.75) is 39.7 Å². The molecule has 3 N–H and O–H groups in total. The second-order valence-corrected chi connectivity index (χ2v) is 4.99. The number of pyridine rings is 1. The Labute approximate surface area is 92.1 Å². The summed E-state index contributed by atoms with van der Waals surface area (Å²) in [6, 6.07) is 4.40. The van der Waals surface area contributed by atoms with Crippen LogP contribution in [0.1, 0.15) is 32.8 Å². The van der Waals surface area contributed by atoms with Crippen molar-refractivity contribution in [3.8, 4) is 0 Å². The lowest BCUT2D eigenvalue weighted by Gasteiger charge is -2.30. The van der Waals surface area contributed by atoms with Crippen molar-refractivity contribution in [3.05, 3.63) is 30.1 Å². The summed E-state index contributed by atoms with van der Waals surface area (Å²) in [6.45, 7) is 6.59. The van der Waals surface area contributed by atoms with Gasteiger partial charge in [-0.25, -0.2) is 0 Å². The van der Waals surface area contributed by atoms with E-state index in [1.165, 1.54) is 5.56 Å². The maximum atomic E-state index is 5.56. The van der Waals surface area contributed by atoms with Gasteiger partial charge in [-0.15, -0.1) is 0 Å². The first-order chi connectivity index (χ1) is 7.04. The van der Waals surface area contributed by atoms with E-state index in [1.807, 2.05) is 12.3 Å². The van der Waals surface area contributed by atoms with E-state index in [0.717, 1.165) is 12.8 Å². The molecule has 0 saturated heterocycles. The van der Waals surface area contributed by atoms with Crippen LogP contribution in [0.5, 0.6) is 0 Å². The van der Waals surface area contributed by atoms with E-state index in [-0.39, 0.29) is 5.41 Å².